The molecule has 2 aliphatic heterocycles. The Bertz CT molecular complexity index is 790. The minimum atomic E-state index is 0.322. The smallest absolute Gasteiger partial charge is 0.145 e. The third-order valence-electron chi connectivity index (χ3n) is 5.54. The zero-order chi connectivity index (χ0) is 18.6. The molecular formula is C21H28N4O2. The van der Waals surface area contributed by atoms with Crippen LogP contribution in [0.1, 0.15) is 47.9 Å². The minimum Gasteiger partial charge on any atom is -0.497 e. The van der Waals surface area contributed by atoms with Crippen LogP contribution in [0.4, 0.5) is 0 Å². The molecule has 2 aliphatic rings. The fourth-order valence-electron chi connectivity index (χ4n) is 4.01. The molecule has 4 rings (SSSR count). The molecule has 0 saturated carbocycles. The third-order valence-corrected chi connectivity index (χ3v) is 5.54. The van der Waals surface area contributed by atoms with Gasteiger partial charge in [-0.25, -0.2) is 9.97 Å². The second-order valence-electron chi connectivity index (χ2n) is 7.34. The summed E-state index contributed by atoms with van der Waals surface area (Å²) in [6.45, 7) is 3.75. The largest absolute Gasteiger partial charge is 0.497 e. The van der Waals surface area contributed by atoms with Gasteiger partial charge in [-0.2, -0.15) is 0 Å². The van der Waals surface area contributed by atoms with Crippen LogP contribution in [0.3, 0.4) is 0 Å². The second-order valence-corrected chi connectivity index (χ2v) is 7.34. The molecule has 2 aromatic rings. The molecule has 6 nitrogen and oxygen atoms in total. The Morgan fingerprint density at radius 3 is 2.93 bits per heavy atom. The van der Waals surface area contributed by atoms with Gasteiger partial charge in [-0.05, 0) is 37.6 Å². The molecule has 0 radical (unpaired) electrons. The molecule has 0 amide bonds. The topological polar surface area (TPSA) is 59.5 Å². The maximum Gasteiger partial charge on any atom is 0.145 e. The fourth-order valence-corrected chi connectivity index (χ4v) is 4.01. The first-order chi connectivity index (χ1) is 13.3. The first-order valence-electron chi connectivity index (χ1n) is 9.78. The zero-order valence-corrected chi connectivity index (χ0v) is 16.2. The molecule has 1 atom stereocenters. The van der Waals surface area contributed by atoms with Crippen LogP contribution in [0.5, 0.6) is 11.5 Å². The molecule has 6 heteroatoms. The highest BCUT2D eigenvalue weighted by molar-refractivity contribution is 5.40. The van der Waals surface area contributed by atoms with Crippen LogP contribution in [-0.4, -0.2) is 42.2 Å². The van der Waals surface area contributed by atoms with Crippen molar-refractivity contribution in [1.82, 2.24) is 20.2 Å². The van der Waals surface area contributed by atoms with Gasteiger partial charge in [0.1, 0.15) is 17.3 Å². The number of nitrogens with one attached hydrogen (secondary N) is 1. The second kappa shape index (κ2) is 8.23. The third kappa shape index (κ3) is 4.06. The van der Waals surface area contributed by atoms with Crippen molar-refractivity contribution >= 4 is 0 Å². The van der Waals surface area contributed by atoms with E-state index < -0.39 is 0 Å². The van der Waals surface area contributed by atoms with Crippen molar-refractivity contribution in [2.24, 2.45) is 0 Å². The molecule has 1 saturated heterocycles. The van der Waals surface area contributed by atoms with Crippen LogP contribution < -0.4 is 14.8 Å². The van der Waals surface area contributed by atoms with Gasteiger partial charge in [-0.1, -0.05) is 6.42 Å². The minimum absolute atomic E-state index is 0.322. The van der Waals surface area contributed by atoms with Crippen LogP contribution in [0, 0.1) is 0 Å². The van der Waals surface area contributed by atoms with Crippen molar-refractivity contribution in [3.8, 4) is 11.5 Å². The van der Waals surface area contributed by atoms with Crippen LogP contribution in [0.15, 0.2) is 24.4 Å². The predicted molar refractivity (Wildman–Crippen MR) is 104 cm³/mol. The highest BCUT2D eigenvalue weighted by Gasteiger charge is 2.23. The standard InChI is InChI=1S/C21H28N4O2/c1-26-17-6-7-20(27-2)15(11-17)13-25-10-8-18-16(14-25)12-23-21(24-18)19-5-3-4-9-22-19/h6-7,11-12,19,22H,3-5,8-10,13-14H2,1-2H3/t19-/m0/s1. The van der Waals surface area contributed by atoms with Gasteiger partial charge in [-0.15, -0.1) is 0 Å². The predicted octanol–water partition coefficient (Wildman–Crippen LogP) is 2.87. The Morgan fingerprint density at radius 1 is 1.22 bits per heavy atom. The monoisotopic (exact) mass is 368 g/mol. The number of hydrogen-bond donors (Lipinski definition) is 1. The lowest BCUT2D eigenvalue weighted by atomic mass is 10.0. The van der Waals surface area contributed by atoms with Gasteiger partial charge < -0.3 is 14.8 Å². The van der Waals surface area contributed by atoms with E-state index in [1.54, 1.807) is 14.2 Å². The van der Waals surface area contributed by atoms with E-state index in [4.69, 9.17) is 14.5 Å². The lowest BCUT2D eigenvalue weighted by Gasteiger charge is -2.29. The van der Waals surface area contributed by atoms with Crippen molar-refractivity contribution in [2.75, 3.05) is 27.3 Å². The molecule has 0 spiro atoms. The molecule has 0 bridgehead atoms. The molecule has 3 heterocycles. The number of fused-ring (bicyclic) bond motifs is 1. The van der Waals surface area contributed by atoms with E-state index in [1.165, 1.54) is 24.1 Å². The van der Waals surface area contributed by atoms with Crippen LogP contribution in [0.2, 0.25) is 0 Å². The lowest BCUT2D eigenvalue weighted by Crippen LogP contribution is -2.33. The van der Waals surface area contributed by atoms with E-state index in [0.717, 1.165) is 61.9 Å². The Balaban J connectivity index is 1.47. The number of rotatable bonds is 5. The average molecular weight is 368 g/mol. The van der Waals surface area contributed by atoms with E-state index in [-0.39, 0.29) is 0 Å². The number of piperidine rings is 1. The van der Waals surface area contributed by atoms with Crippen LogP contribution in [0.25, 0.3) is 0 Å². The Morgan fingerprint density at radius 2 is 2.15 bits per heavy atom. The van der Waals surface area contributed by atoms with E-state index >= 15 is 0 Å². The summed E-state index contributed by atoms with van der Waals surface area (Å²) < 4.78 is 10.9. The Kier molecular flexibility index (Phi) is 5.55. The Labute approximate surface area is 160 Å². The summed E-state index contributed by atoms with van der Waals surface area (Å²) >= 11 is 0. The first kappa shape index (κ1) is 18.2. The number of hydrogen-bond acceptors (Lipinski definition) is 6. The van der Waals surface area contributed by atoms with Gasteiger partial charge in [-0.3, -0.25) is 4.90 Å². The summed E-state index contributed by atoms with van der Waals surface area (Å²) in [5.41, 5.74) is 3.59. The van der Waals surface area contributed by atoms with Crippen molar-refractivity contribution in [3.63, 3.8) is 0 Å². The van der Waals surface area contributed by atoms with Crippen molar-refractivity contribution < 1.29 is 9.47 Å². The van der Waals surface area contributed by atoms with E-state index in [2.05, 4.69) is 21.3 Å². The van der Waals surface area contributed by atoms with E-state index in [1.807, 2.05) is 18.3 Å². The molecule has 1 N–H and O–H groups in total. The van der Waals surface area contributed by atoms with Crippen LogP contribution in [-0.2, 0) is 19.5 Å². The molecule has 1 fully saturated rings. The molecule has 144 valence electrons. The fraction of sp³-hybridized carbons (Fsp3) is 0.524. The van der Waals surface area contributed by atoms with Gasteiger partial charge in [0.25, 0.3) is 0 Å². The van der Waals surface area contributed by atoms with Crippen molar-refractivity contribution in [2.45, 2.75) is 44.8 Å². The SMILES string of the molecule is COc1ccc(OC)c(CN2CCc3nc([C@@H]4CCCCN4)ncc3C2)c1. The van der Waals surface area contributed by atoms with Crippen molar-refractivity contribution in [3.05, 3.63) is 47.0 Å². The summed E-state index contributed by atoms with van der Waals surface area (Å²) in [5.74, 6) is 2.73. The quantitative estimate of drug-likeness (QED) is 0.876. The van der Waals surface area contributed by atoms with Gasteiger partial charge >= 0.3 is 0 Å². The summed E-state index contributed by atoms with van der Waals surface area (Å²) in [4.78, 5) is 12.0. The van der Waals surface area contributed by atoms with Crippen molar-refractivity contribution in [1.29, 1.82) is 0 Å². The maximum atomic E-state index is 5.52. The maximum absolute atomic E-state index is 5.52. The molecule has 1 aromatic heterocycles. The molecular weight excluding hydrogens is 340 g/mol. The van der Waals surface area contributed by atoms with E-state index in [9.17, 15) is 0 Å². The lowest BCUT2D eigenvalue weighted by molar-refractivity contribution is 0.238. The Hall–Kier alpha value is -2.18. The average Bonchev–Trinajstić information content (AvgIpc) is 2.74. The number of aromatic nitrogens is 2. The number of methoxy groups -OCH3 is 2. The number of benzene rings is 1. The highest BCUT2D eigenvalue weighted by atomic mass is 16.5. The number of nitrogens with zero attached hydrogens (tertiary/aromatic N) is 3. The van der Waals surface area contributed by atoms with E-state index in [0.29, 0.717) is 6.04 Å². The number of ether oxygens (including phenoxy) is 2. The highest BCUT2D eigenvalue weighted by Crippen LogP contribution is 2.28. The molecule has 1 aromatic carbocycles. The van der Waals surface area contributed by atoms with Crippen LogP contribution >= 0.6 is 0 Å². The van der Waals surface area contributed by atoms with Gasteiger partial charge in [0.05, 0.1) is 20.3 Å². The van der Waals surface area contributed by atoms with Gasteiger partial charge in [0, 0.05) is 49.1 Å². The molecule has 27 heavy (non-hydrogen) atoms. The normalized spacial score (nSPS) is 20.1. The summed E-state index contributed by atoms with van der Waals surface area (Å²) in [6.07, 6.45) is 6.64. The summed E-state index contributed by atoms with van der Waals surface area (Å²) in [5, 5.41) is 3.55. The zero-order valence-electron chi connectivity index (χ0n) is 16.2. The molecule has 0 aliphatic carbocycles. The van der Waals surface area contributed by atoms with Gasteiger partial charge in [0.15, 0.2) is 0 Å². The first-order valence-corrected chi connectivity index (χ1v) is 9.78. The summed E-state index contributed by atoms with van der Waals surface area (Å²) in [6, 6.07) is 6.28. The van der Waals surface area contributed by atoms with Gasteiger partial charge in [0.2, 0.25) is 0 Å². The summed E-state index contributed by atoms with van der Waals surface area (Å²) in [7, 11) is 3.41. The molecule has 0 unspecified atom stereocenters.